The van der Waals surface area contributed by atoms with Gasteiger partial charge in [0.25, 0.3) is 5.91 Å². The maximum absolute atomic E-state index is 12.6. The summed E-state index contributed by atoms with van der Waals surface area (Å²) in [5.74, 6) is 1.92. The van der Waals surface area contributed by atoms with Gasteiger partial charge in [-0.15, -0.1) is 0 Å². The highest BCUT2D eigenvalue weighted by molar-refractivity contribution is 5.87. The first-order valence-electron chi connectivity index (χ1n) is 8.19. The largest absolute Gasteiger partial charge is 0.372 e. The summed E-state index contributed by atoms with van der Waals surface area (Å²) in [5.41, 5.74) is 4.99. The van der Waals surface area contributed by atoms with E-state index in [-0.39, 0.29) is 17.2 Å². The van der Waals surface area contributed by atoms with Crippen molar-refractivity contribution in [3.05, 3.63) is 0 Å². The molecule has 2 amide bonds. The number of rotatable bonds is 4. The highest BCUT2D eigenvalue weighted by Gasteiger charge is 2.54. The smallest absolute Gasteiger partial charge is 0.267 e. The summed E-state index contributed by atoms with van der Waals surface area (Å²) >= 11 is 0. The molecule has 5 heteroatoms. The summed E-state index contributed by atoms with van der Waals surface area (Å²) < 4.78 is 5.08. The van der Waals surface area contributed by atoms with E-state index in [0.29, 0.717) is 6.42 Å². The van der Waals surface area contributed by atoms with Gasteiger partial charge in [-0.1, -0.05) is 6.92 Å². The Morgan fingerprint density at radius 3 is 2.05 bits per heavy atom. The van der Waals surface area contributed by atoms with E-state index in [1.807, 2.05) is 6.92 Å². The number of hydrogen-bond acceptors (Lipinski definition) is 3. The second kappa shape index (κ2) is 5.59. The van der Waals surface area contributed by atoms with Gasteiger partial charge in [0.15, 0.2) is 0 Å². The molecule has 0 aliphatic heterocycles. The second-order valence-electron chi connectivity index (χ2n) is 7.27. The highest BCUT2D eigenvalue weighted by Crippen LogP contribution is 2.59. The minimum absolute atomic E-state index is 0.0147. The van der Waals surface area contributed by atoms with Crippen LogP contribution in [-0.2, 0) is 14.3 Å². The molecule has 0 aromatic rings. The summed E-state index contributed by atoms with van der Waals surface area (Å²) in [5, 5.41) is 0. The van der Waals surface area contributed by atoms with Crippen molar-refractivity contribution in [2.45, 2.75) is 58.0 Å². The predicted octanol–water partition coefficient (Wildman–Crippen LogP) is 1.78. The van der Waals surface area contributed by atoms with E-state index in [9.17, 15) is 9.59 Å². The SMILES string of the molecule is CCC(OC)C(=O)NNC(=O)C12CC3CC(CC(C3)C1)C2. The molecule has 4 aliphatic rings. The molecular formula is C16H26N2O3. The Morgan fingerprint density at radius 2 is 1.62 bits per heavy atom. The lowest BCUT2D eigenvalue weighted by atomic mass is 9.49. The topological polar surface area (TPSA) is 67.4 Å². The van der Waals surface area contributed by atoms with Gasteiger partial charge in [0.1, 0.15) is 6.10 Å². The maximum atomic E-state index is 12.6. The van der Waals surface area contributed by atoms with E-state index in [1.165, 1.54) is 26.4 Å². The van der Waals surface area contributed by atoms with E-state index in [0.717, 1.165) is 37.0 Å². The molecular weight excluding hydrogens is 268 g/mol. The summed E-state index contributed by atoms with van der Waals surface area (Å²) in [6.07, 6.45) is 7.02. The molecule has 21 heavy (non-hydrogen) atoms. The minimum Gasteiger partial charge on any atom is -0.372 e. The number of nitrogens with one attached hydrogen (secondary N) is 2. The number of carbonyl (C=O) groups excluding carboxylic acids is 2. The first-order valence-corrected chi connectivity index (χ1v) is 8.19. The molecule has 0 spiro atoms. The van der Waals surface area contributed by atoms with Crippen molar-refractivity contribution >= 4 is 11.8 Å². The van der Waals surface area contributed by atoms with E-state index in [4.69, 9.17) is 4.74 Å². The molecule has 4 bridgehead atoms. The zero-order valence-corrected chi connectivity index (χ0v) is 13.0. The molecule has 1 atom stereocenters. The number of hydrazine groups is 1. The number of ether oxygens (including phenoxy) is 1. The van der Waals surface area contributed by atoms with Gasteiger partial charge in [-0.05, 0) is 62.7 Å². The first kappa shape index (κ1) is 14.8. The second-order valence-corrected chi connectivity index (χ2v) is 7.27. The lowest BCUT2D eigenvalue weighted by Crippen LogP contribution is -2.57. The van der Waals surface area contributed by atoms with Crippen LogP contribution in [0.3, 0.4) is 0 Å². The fourth-order valence-corrected chi connectivity index (χ4v) is 5.18. The van der Waals surface area contributed by atoms with Crippen molar-refractivity contribution in [2.24, 2.45) is 23.2 Å². The third kappa shape index (κ3) is 2.68. The average Bonchev–Trinajstić information content (AvgIpc) is 2.44. The lowest BCUT2D eigenvalue weighted by molar-refractivity contribution is -0.150. The summed E-state index contributed by atoms with van der Waals surface area (Å²) in [6, 6.07) is 0. The van der Waals surface area contributed by atoms with Gasteiger partial charge in [-0.2, -0.15) is 0 Å². The standard InChI is InChI=1S/C16H26N2O3/c1-3-13(21-2)14(19)17-18-15(20)16-7-10-4-11(8-16)6-12(5-10)9-16/h10-13H,3-9H2,1-2H3,(H,17,19)(H,18,20). The van der Waals surface area contributed by atoms with Crippen molar-refractivity contribution in [2.75, 3.05) is 7.11 Å². The first-order chi connectivity index (χ1) is 10.1. The fraction of sp³-hybridized carbons (Fsp3) is 0.875. The molecule has 0 saturated heterocycles. The van der Waals surface area contributed by atoms with E-state index >= 15 is 0 Å². The summed E-state index contributed by atoms with van der Waals surface area (Å²) in [6.45, 7) is 1.88. The van der Waals surface area contributed by atoms with Crippen molar-refractivity contribution in [3.8, 4) is 0 Å². The van der Waals surface area contributed by atoms with Crippen molar-refractivity contribution in [1.82, 2.24) is 10.9 Å². The van der Waals surface area contributed by atoms with Crippen LogP contribution in [0.2, 0.25) is 0 Å². The van der Waals surface area contributed by atoms with E-state index < -0.39 is 6.10 Å². The number of amides is 2. The maximum Gasteiger partial charge on any atom is 0.267 e. The van der Waals surface area contributed by atoms with Gasteiger partial charge in [0.2, 0.25) is 5.91 Å². The normalized spacial score (nSPS) is 38.1. The van der Waals surface area contributed by atoms with Crippen LogP contribution in [0.25, 0.3) is 0 Å². The third-order valence-corrected chi connectivity index (χ3v) is 5.77. The van der Waals surface area contributed by atoms with Gasteiger partial charge in [-0.25, -0.2) is 0 Å². The number of carbonyl (C=O) groups is 2. The Bertz CT molecular complexity index is 396. The van der Waals surface area contributed by atoms with Crippen LogP contribution in [0.4, 0.5) is 0 Å². The van der Waals surface area contributed by atoms with Gasteiger partial charge in [0.05, 0.1) is 5.41 Å². The number of methoxy groups -OCH3 is 1. The molecule has 4 fully saturated rings. The summed E-state index contributed by atoms with van der Waals surface area (Å²) in [7, 11) is 1.51. The molecule has 4 rings (SSSR count). The van der Waals surface area contributed by atoms with Crippen LogP contribution >= 0.6 is 0 Å². The monoisotopic (exact) mass is 294 g/mol. The predicted molar refractivity (Wildman–Crippen MR) is 78.0 cm³/mol. The quantitative estimate of drug-likeness (QED) is 0.777. The molecule has 0 aromatic carbocycles. The third-order valence-electron chi connectivity index (χ3n) is 5.77. The zero-order chi connectivity index (χ0) is 15.0. The van der Waals surface area contributed by atoms with Gasteiger partial charge in [0, 0.05) is 7.11 Å². The van der Waals surface area contributed by atoms with E-state index in [1.54, 1.807) is 0 Å². The van der Waals surface area contributed by atoms with Crippen molar-refractivity contribution < 1.29 is 14.3 Å². The zero-order valence-electron chi connectivity index (χ0n) is 13.0. The summed E-state index contributed by atoms with van der Waals surface area (Å²) in [4.78, 5) is 24.5. The van der Waals surface area contributed by atoms with Crippen LogP contribution in [0, 0.1) is 23.2 Å². The average molecular weight is 294 g/mol. The molecule has 0 radical (unpaired) electrons. The van der Waals surface area contributed by atoms with Crippen molar-refractivity contribution in [1.29, 1.82) is 0 Å². The molecule has 4 aliphatic carbocycles. The molecule has 5 nitrogen and oxygen atoms in total. The molecule has 0 aromatic heterocycles. The molecule has 0 heterocycles. The van der Waals surface area contributed by atoms with E-state index in [2.05, 4.69) is 10.9 Å². The minimum atomic E-state index is -0.498. The number of hydrogen-bond donors (Lipinski definition) is 2. The Morgan fingerprint density at radius 1 is 1.10 bits per heavy atom. The van der Waals surface area contributed by atoms with Gasteiger partial charge < -0.3 is 4.74 Å². The Labute approximate surface area is 126 Å². The molecule has 1 unspecified atom stereocenters. The van der Waals surface area contributed by atoms with Crippen LogP contribution in [0.5, 0.6) is 0 Å². The van der Waals surface area contributed by atoms with Crippen LogP contribution < -0.4 is 10.9 Å². The van der Waals surface area contributed by atoms with Gasteiger partial charge >= 0.3 is 0 Å². The Balaban J connectivity index is 1.59. The van der Waals surface area contributed by atoms with Crippen molar-refractivity contribution in [3.63, 3.8) is 0 Å². The lowest BCUT2D eigenvalue weighted by Gasteiger charge is -2.55. The van der Waals surface area contributed by atoms with Crippen LogP contribution in [-0.4, -0.2) is 25.0 Å². The molecule has 2 N–H and O–H groups in total. The molecule has 118 valence electrons. The van der Waals surface area contributed by atoms with Gasteiger partial charge in [-0.3, -0.25) is 20.4 Å². The van der Waals surface area contributed by atoms with Crippen LogP contribution in [0.15, 0.2) is 0 Å². The molecule has 4 saturated carbocycles. The fourth-order valence-electron chi connectivity index (χ4n) is 5.18. The van der Waals surface area contributed by atoms with Crippen LogP contribution in [0.1, 0.15) is 51.9 Å². The Hall–Kier alpha value is -1.10. The Kier molecular flexibility index (Phi) is 3.95. The highest BCUT2D eigenvalue weighted by atomic mass is 16.5.